The summed E-state index contributed by atoms with van der Waals surface area (Å²) >= 11 is 2.11. The summed E-state index contributed by atoms with van der Waals surface area (Å²) in [7, 11) is 0. The molecule has 1 nitrogen and oxygen atoms in total. The molecule has 0 bridgehead atoms. The average Bonchev–Trinajstić information content (AvgIpc) is 2.60. The van der Waals surface area contributed by atoms with E-state index in [2.05, 4.69) is 48.3 Å². The van der Waals surface area contributed by atoms with Gasteiger partial charge in [0.25, 0.3) is 0 Å². The van der Waals surface area contributed by atoms with Gasteiger partial charge < -0.3 is 5.32 Å². The molecule has 1 aliphatic rings. The van der Waals surface area contributed by atoms with Crippen LogP contribution < -0.4 is 5.32 Å². The van der Waals surface area contributed by atoms with E-state index in [0.717, 1.165) is 5.92 Å². The van der Waals surface area contributed by atoms with Crippen molar-refractivity contribution in [3.8, 4) is 0 Å². The van der Waals surface area contributed by atoms with Crippen LogP contribution in [-0.2, 0) is 5.75 Å². The highest BCUT2D eigenvalue weighted by atomic mass is 32.2. The predicted molar refractivity (Wildman–Crippen MR) is 77.6 cm³/mol. The topological polar surface area (TPSA) is 12.0 Å². The fourth-order valence-corrected chi connectivity index (χ4v) is 3.69. The molecule has 1 aromatic rings. The molecule has 0 spiro atoms. The Balaban J connectivity index is 1.73. The molecule has 0 saturated carbocycles. The van der Waals surface area contributed by atoms with Gasteiger partial charge in [0.05, 0.1) is 0 Å². The minimum atomic E-state index is 0.930. The van der Waals surface area contributed by atoms with Crippen molar-refractivity contribution in [3.63, 3.8) is 0 Å². The summed E-state index contributed by atoms with van der Waals surface area (Å²) < 4.78 is 0. The van der Waals surface area contributed by atoms with Gasteiger partial charge in [0.2, 0.25) is 0 Å². The minimum absolute atomic E-state index is 0.930. The number of nitrogens with one attached hydrogen (secondary N) is 1. The first kappa shape index (κ1) is 13.0. The molecule has 1 saturated heterocycles. The van der Waals surface area contributed by atoms with Gasteiger partial charge in [-0.15, -0.1) is 0 Å². The van der Waals surface area contributed by atoms with E-state index in [9.17, 15) is 0 Å². The summed E-state index contributed by atoms with van der Waals surface area (Å²) in [5.74, 6) is 3.44. The highest BCUT2D eigenvalue weighted by molar-refractivity contribution is 7.98. The average molecular weight is 249 g/mol. The zero-order valence-electron chi connectivity index (χ0n) is 10.7. The normalized spacial score (nSPS) is 21.1. The van der Waals surface area contributed by atoms with Crippen LogP contribution in [0.2, 0.25) is 0 Å². The fourth-order valence-electron chi connectivity index (χ4n) is 2.37. The molecule has 0 aliphatic carbocycles. The van der Waals surface area contributed by atoms with Gasteiger partial charge in [0, 0.05) is 5.75 Å². The first-order valence-electron chi connectivity index (χ1n) is 6.69. The van der Waals surface area contributed by atoms with Crippen LogP contribution in [0.1, 0.15) is 30.4 Å². The molecule has 2 heteroatoms. The van der Waals surface area contributed by atoms with Crippen molar-refractivity contribution < 1.29 is 0 Å². The highest BCUT2D eigenvalue weighted by Crippen LogP contribution is 2.23. The van der Waals surface area contributed by atoms with Gasteiger partial charge in [0.1, 0.15) is 0 Å². The molecule has 1 N–H and O–H groups in total. The highest BCUT2D eigenvalue weighted by Gasteiger charge is 2.11. The van der Waals surface area contributed by atoms with E-state index in [-0.39, 0.29) is 0 Å². The van der Waals surface area contributed by atoms with E-state index in [1.807, 2.05) is 0 Å². The van der Waals surface area contributed by atoms with Gasteiger partial charge in [-0.1, -0.05) is 24.3 Å². The molecule has 94 valence electrons. The van der Waals surface area contributed by atoms with Gasteiger partial charge >= 0.3 is 0 Å². The Kier molecular flexibility index (Phi) is 5.40. The van der Waals surface area contributed by atoms with Crippen molar-refractivity contribution in [2.45, 2.75) is 31.9 Å². The smallest absolute Gasteiger partial charge is 0.0187 e. The molecule has 1 aromatic carbocycles. The van der Waals surface area contributed by atoms with Crippen LogP contribution in [0.25, 0.3) is 0 Å². The standard InChI is InChI=1S/C15H23NS/c1-13-5-2-3-7-15(13)12-17-11-14-6-4-9-16-10-8-14/h2-3,5,7,14,16H,4,6,8-12H2,1H3. The number of aryl methyl sites for hydroxylation is 1. The lowest BCUT2D eigenvalue weighted by atomic mass is 10.0. The second-order valence-electron chi connectivity index (χ2n) is 4.99. The molecular formula is C15H23NS. The Morgan fingerprint density at radius 1 is 1.24 bits per heavy atom. The number of hydrogen-bond donors (Lipinski definition) is 1. The summed E-state index contributed by atoms with van der Waals surface area (Å²) in [6.07, 6.45) is 4.13. The molecular weight excluding hydrogens is 226 g/mol. The van der Waals surface area contributed by atoms with Crippen molar-refractivity contribution in [3.05, 3.63) is 35.4 Å². The third-order valence-electron chi connectivity index (χ3n) is 3.57. The summed E-state index contributed by atoms with van der Waals surface area (Å²) in [6.45, 7) is 4.65. The number of rotatable bonds is 4. The van der Waals surface area contributed by atoms with E-state index in [0.29, 0.717) is 0 Å². The van der Waals surface area contributed by atoms with Gasteiger partial charge in [0.15, 0.2) is 0 Å². The molecule has 17 heavy (non-hydrogen) atoms. The summed E-state index contributed by atoms with van der Waals surface area (Å²) in [6, 6.07) is 8.75. The van der Waals surface area contributed by atoms with Crippen LogP contribution in [-0.4, -0.2) is 18.8 Å². The van der Waals surface area contributed by atoms with Crippen molar-refractivity contribution in [1.82, 2.24) is 5.32 Å². The third-order valence-corrected chi connectivity index (χ3v) is 4.79. The van der Waals surface area contributed by atoms with E-state index in [4.69, 9.17) is 0 Å². The molecule has 1 atom stereocenters. The van der Waals surface area contributed by atoms with Crippen LogP contribution in [0.15, 0.2) is 24.3 Å². The zero-order valence-corrected chi connectivity index (χ0v) is 11.6. The SMILES string of the molecule is Cc1ccccc1CSCC1CCCNCC1. The Morgan fingerprint density at radius 3 is 3.00 bits per heavy atom. The maximum atomic E-state index is 3.49. The number of hydrogen-bond acceptors (Lipinski definition) is 2. The summed E-state index contributed by atoms with van der Waals surface area (Å²) in [5.41, 5.74) is 2.94. The Morgan fingerprint density at radius 2 is 2.12 bits per heavy atom. The first-order valence-corrected chi connectivity index (χ1v) is 7.84. The first-order chi connectivity index (χ1) is 8.36. The van der Waals surface area contributed by atoms with Gasteiger partial charge in [-0.05, 0) is 62.1 Å². The summed E-state index contributed by atoms with van der Waals surface area (Å²) in [5, 5.41) is 3.49. The predicted octanol–water partition coefficient (Wildman–Crippen LogP) is 3.62. The fraction of sp³-hybridized carbons (Fsp3) is 0.600. The van der Waals surface area contributed by atoms with Gasteiger partial charge in [-0.25, -0.2) is 0 Å². The largest absolute Gasteiger partial charge is 0.317 e. The van der Waals surface area contributed by atoms with Crippen LogP contribution >= 0.6 is 11.8 Å². The second kappa shape index (κ2) is 7.07. The lowest BCUT2D eigenvalue weighted by Gasteiger charge is -2.13. The van der Waals surface area contributed by atoms with Crippen LogP contribution in [0.5, 0.6) is 0 Å². The maximum Gasteiger partial charge on any atom is 0.0187 e. The second-order valence-corrected chi connectivity index (χ2v) is 6.02. The van der Waals surface area contributed by atoms with Crippen molar-refractivity contribution in [1.29, 1.82) is 0 Å². The maximum absolute atomic E-state index is 3.49. The lowest BCUT2D eigenvalue weighted by Crippen LogP contribution is -2.14. The zero-order chi connectivity index (χ0) is 11.9. The minimum Gasteiger partial charge on any atom is -0.317 e. The van der Waals surface area contributed by atoms with Crippen LogP contribution in [0, 0.1) is 12.8 Å². The van der Waals surface area contributed by atoms with E-state index < -0.39 is 0 Å². The number of benzene rings is 1. The monoisotopic (exact) mass is 249 g/mol. The molecule has 2 rings (SSSR count). The molecule has 0 aromatic heterocycles. The van der Waals surface area contributed by atoms with E-state index >= 15 is 0 Å². The molecule has 1 fully saturated rings. The number of thioether (sulfide) groups is 1. The van der Waals surface area contributed by atoms with Crippen LogP contribution in [0.4, 0.5) is 0 Å². The molecule has 0 radical (unpaired) electrons. The third kappa shape index (κ3) is 4.36. The quantitative estimate of drug-likeness (QED) is 0.874. The van der Waals surface area contributed by atoms with E-state index in [1.165, 1.54) is 55.0 Å². The Hall–Kier alpha value is -0.470. The molecule has 1 aliphatic heterocycles. The Labute approximate surface area is 109 Å². The van der Waals surface area contributed by atoms with Crippen LogP contribution in [0.3, 0.4) is 0 Å². The molecule has 1 unspecified atom stereocenters. The van der Waals surface area contributed by atoms with Crippen molar-refractivity contribution in [2.75, 3.05) is 18.8 Å². The van der Waals surface area contributed by atoms with Gasteiger partial charge in [-0.3, -0.25) is 0 Å². The van der Waals surface area contributed by atoms with Crippen molar-refractivity contribution in [2.24, 2.45) is 5.92 Å². The molecule has 1 heterocycles. The molecule has 0 amide bonds. The lowest BCUT2D eigenvalue weighted by molar-refractivity contribution is 0.528. The summed E-state index contributed by atoms with van der Waals surface area (Å²) in [4.78, 5) is 0. The van der Waals surface area contributed by atoms with Crippen molar-refractivity contribution >= 4 is 11.8 Å². The van der Waals surface area contributed by atoms with E-state index in [1.54, 1.807) is 0 Å². The van der Waals surface area contributed by atoms with Gasteiger partial charge in [-0.2, -0.15) is 11.8 Å². The Bertz CT molecular complexity index is 329.